The minimum atomic E-state index is -0.397. The number of rotatable bonds is 10. The second-order valence-electron chi connectivity index (χ2n) is 5.49. The Bertz CT molecular complexity index is 842. The van der Waals surface area contributed by atoms with Gasteiger partial charge >= 0.3 is 11.7 Å². The summed E-state index contributed by atoms with van der Waals surface area (Å²) in [6.07, 6.45) is 0.667. The average Bonchev–Trinajstić information content (AvgIpc) is 3.16. The molecule has 2 N–H and O–H groups in total. The number of aromatic nitrogens is 3. The van der Waals surface area contributed by atoms with Gasteiger partial charge in [-0.2, -0.15) is 0 Å². The van der Waals surface area contributed by atoms with Gasteiger partial charge in [0.2, 0.25) is 5.91 Å². The molecule has 0 aliphatic carbocycles. The second-order valence-corrected chi connectivity index (χ2v) is 7.48. The summed E-state index contributed by atoms with van der Waals surface area (Å²) in [7, 11) is 1.60. The van der Waals surface area contributed by atoms with Crippen molar-refractivity contribution in [1.82, 2.24) is 14.8 Å². The number of nitrogens with one attached hydrogen (secondary N) is 2. The van der Waals surface area contributed by atoms with E-state index in [-0.39, 0.29) is 17.3 Å². The number of ether oxygens (including phenoxy) is 2. The van der Waals surface area contributed by atoms with Crippen LogP contribution in [0.3, 0.4) is 0 Å². The summed E-state index contributed by atoms with van der Waals surface area (Å²) in [6.45, 7) is 4.81. The van der Waals surface area contributed by atoms with E-state index in [0.29, 0.717) is 41.2 Å². The highest BCUT2D eigenvalue weighted by molar-refractivity contribution is 7.99. The first-order chi connectivity index (χ1) is 13.0. The Labute approximate surface area is 164 Å². The van der Waals surface area contributed by atoms with Gasteiger partial charge in [-0.25, -0.2) is 14.7 Å². The number of thioether (sulfide) groups is 1. The number of esters is 1. The van der Waals surface area contributed by atoms with Crippen LogP contribution in [-0.2, 0) is 20.8 Å². The van der Waals surface area contributed by atoms with Gasteiger partial charge in [0.05, 0.1) is 17.4 Å². The number of aromatic amines is 1. The summed E-state index contributed by atoms with van der Waals surface area (Å²) in [5.41, 5.74) is 0.433. The normalized spacial score (nSPS) is 10.8. The molecule has 27 heavy (non-hydrogen) atoms. The molecule has 2 aromatic heterocycles. The first-order valence-electron chi connectivity index (χ1n) is 8.30. The Hall–Kier alpha value is -2.11. The summed E-state index contributed by atoms with van der Waals surface area (Å²) in [6, 6.07) is 1.73. The third kappa shape index (κ3) is 5.94. The molecular formula is C16H22N4O5S2. The minimum Gasteiger partial charge on any atom is -0.462 e. The fraction of sp³-hybridized carbons (Fsp3) is 0.500. The van der Waals surface area contributed by atoms with Gasteiger partial charge in [-0.1, -0.05) is 11.8 Å². The van der Waals surface area contributed by atoms with Crippen LogP contribution in [0.5, 0.6) is 0 Å². The van der Waals surface area contributed by atoms with Crippen LogP contribution in [0.1, 0.15) is 28.6 Å². The Morgan fingerprint density at radius 3 is 2.93 bits per heavy atom. The maximum Gasteiger partial charge on any atom is 0.348 e. The predicted molar refractivity (Wildman–Crippen MR) is 104 cm³/mol. The van der Waals surface area contributed by atoms with Gasteiger partial charge in [-0.3, -0.25) is 9.36 Å². The lowest BCUT2D eigenvalue weighted by atomic mass is 10.3. The highest BCUT2D eigenvalue weighted by Crippen LogP contribution is 2.27. The molecule has 0 aliphatic rings. The van der Waals surface area contributed by atoms with E-state index in [9.17, 15) is 14.4 Å². The molecule has 0 fully saturated rings. The molecule has 11 heteroatoms. The fourth-order valence-corrected chi connectivity index (χ4v) is 3.98. The number of hydrogen-bond donors (Lipinski definition) is 2. The second kappa shape index (κ2) is 10.3. The van der Waals surface area contributed by atoms with E-state index in [1.807, 2.05) is 0 Å². The molecule has 2 rings (SSSR count). The van der Waals surface area contributed by atoms with Crippen molar-refractivity contribution in [2.24, 2.45) is 0 Å². The minimum absolute atomic E-state index is 0.0836. The third-order valence-corrected chi connectivity index (χ3v) is 5.54. The molecule has 0 atom stereocenters. The Balaban J connectivity index is 1.93. The zero-order valence-corrected chi connectivity index (χ0v) is 17.0. The van der Waals surface area contributed by atoms with Gasteiger partial charge in [0.1, 0.15) is 4.88 Å². The zero-order valence-electron chi connectivity index (χ0n) is 15.4. The van der Waals surface area contributed by atoms with Crippen molar-refractivity contribution in [2.45, 2.75) is 32.0 Å². The van der Waals surface area contributed by atoms with Crippen LogP contribution in [0.15, 0.2) is 16.0 Å². The summed E-state index contributed by atoms with van der Waals surface area (Å²) >= 11 is 2.33. The Morgan fingerprint density at radius 2 is 2.22 bits per heavy atom. The van der Waals surface area contributed by atoms with Crippen molar-refractivity contribution < 1.29 is 19.1 Å². The summed E-state index contributed by atoms with van der Waals surface area (Å²) in [5, 5.41) is 10.1. The highest BCUT2D eigenvalue weighted by Gasteiger charge is 2.17. The lowest BCUT2D eigenvalue weighted by molar-refractivity contribution is -0.113. The van der Waals surface area contributed by atoms with Crippen LogP contribution in [-0.4, -0.2) is 52.7 Å². The van der Waals surface area contributed by atoms with Crippen molar-refractivity contribution in [3.8, 4) is 0 Å². The first kappa shape index (κ1) is 21.2. The molecule has 0 saturated carbocycles. The molecule has 0 bridgehead atoms. The quantitative estimate of drug-likeness (QED) is 0.346. The Kier molecular flexibility index (Phi) is 8.07. The van der Waals surface area contributed by atoms with E-state index in [1.165, 1.54) is 15.9 Å². The molecule has 0 unspecified atom stereocenters. The van der Waals surface area contributed by atoms with Gasteiger partial charge in [-0.15, -0.1) is 16.4 Å². The smallest absolute Gasteiger partial charge is 0.348 e. The van der Waals surface area contributed by atoms with Crippen molar-refractivity contribution in [3.05, 3.63) is 27.0 Å². The van der Waals surface area contributed by atoms with Crippen LogP contribution in [0.2, 0.25) is 0 Å². The average molecular weight is 415 g/mol. The number of nitrogens with zero attached hydrogens (tertiary/aromatic N) is 2. The number of anilines is 1. The molecule has 0 aromatic carbocycles. The molecule has 0 spiro atoms. The predicted octanol–water partition coefficient (Wildman–Crippen LogP) is 1.89. The van der Waals surface area contributed by atoms with Crippen LogP contribution in [0.4, 0.5) is 5.00 Å². The van der Waals surface area contributed by atoms with E-state index >= 15 is 0 Å². The zero-order chi connectivity index (χ0) is 19.8. The number of carbonyl (C=O) groups excluding carboxylic acids is 2. The van der Waals surface area contributed by atoms with Crippen molar-refractivity contribution in [2.75, 3.05) is 31.4 Å². The molecular weight excluding hydrogens is 392 g/mol. The molecule has 0 aliphatic heterocycles. The maximum atomic E-state index is 12.2. The van der Waals surface area contributed by atoms with Gasteiger partial charge in [0.15, 0.2) is 5.16 Å². The fourth-order valence-electron chi connectivity index (χ4n) is 2.22. The SMILES string of the molecule is CCOC(=O)c1sc(NC(=O)CSc2n[nH]c(=O)n2CCCOC)cc1C. The van der Waals surface area contributed by atoms with Gasteiger partial charge in [0.25, 0.3) is 0 Å². The van der Waals surface area contributed by atoms with Crippen molar-refractivity contribution in [3.63, 3.8) is 0 Å². The van der Waals surface area contributed by atoms with Crippen molar-refractivity contribution >= 4 is 40.0 Å². The molecule has 0 saturated heterocycles. The van der Waals surface area contributed by atoms with Crippen LogP contribution >= 0.6 is 23.1 Å². The number of thiophene rings is 1. The van der Waals surface area contributed by atoms with Crippen LogP contribution in [0.25, 0.3) is 0 Å². The summed E-state index contributed by atoms with van der Waals surface area (Å²) in [5.74, 6) is -0.567. The number of amides is 1. The first-order valence-corrected chi connectivity index (χ1v) is 10.1. The molecule has 0 radical (unpaired) electrons. The largest absolute Gasteiger partial charge is 0.462 e. The number of carbonyl (C=O) groups is 2. The number of aryl methyl sites for hydroxylation is 1. The van der Waals surface area contributed by atoms with Gasteiger partial charge in [-0.05, 0) is 31.9 Å². The highest BCUT2D eigenvalue weighted by atomic mass is 32.2. The molecule has 148 valence electrons. The van der Waals surface area contributed by atoms with Crippen molar-refractivity contribution in [1.29, 1.82) is 0 Å². The maximum absolute atomic E-state index is 12.2. The monoisotopic (exact) mass is 414 g/mol. The molecule has 1 amide bonds. The van der Waals surface area contributed by atoms with Crippen LogP contribution < -0.4 is 11.0 Å². The third-order valence-electron chi connectivity index (χ3n) is 3.43. The molecule has 9 nitrogen and oxygen atoms in total. The van der Waals surface area contributed by atoms with E-state index in [2.05, 4.69) is 15.5 Å². The Morgan fingerprint density at radius 1 is 1.44 bits per heavy atom. The summed E-state index contributed by atoms with van der Waals surface area (Å²) in [4.78, 5) is 36.3. The van der Waals surface area contributed by atoms with E-state index in [1.54, 1.807) is 27.0 Å². The lowest BCUT2D eigenvalue weighted by Gasteiger charge is -2.05. The van der Waals surface area contributed by atoms with Gasteiger partial charge < -0.3 is 14.8 Å². The number of H-pyrrole nitrogens is 1. The molecule has 2 heterocycles. The summed E-state index contributed by atoms with van der Waals surface area (Å²) < 4.78 is 11.4. The van der Waals surface area contributed by atoms with Crippen LogP contribution in [0, 0.1) is 6.92 Å². The number of methoxy groups -OCH3 is 1. The standard InChI is InChI=1S/C16H22N4O5S2/c1-4-25-14(22)13-10(2)8-12(27-13)17-11(21)9-26-16-19-18-15(23)20(16)6-5-7-24-3/h8H,4-7,9H2,1-3H3,(H,17,21)(H,18,23). The number of hydrogen-bond acceptors (Lipinski definition) is 8. The molecule has 2 aromatic rings. The van der Waals surface area contributed by atoms with Gasteiger partial charge in [0, 0.05) is 20.3 Å². The van der Waals surface area contributed by atoms with E-state index < -0.39 is 5.97 Å². The van der Waals surface area contributed by atoms with E-state index in [0.717, 1.165) is 17.3 Å². The topological polar surface area (TPSA) is 115 Å². The van der Waals surface area contributed by atoms with E-state index in [4.69, 9.17) is 9.47 Å². The lowest BCUT2D eigenvalue weighted by Crippen LogP contribution is -2.19.